The number of hydrogen-bond donors (Lipinski definition) is 11. The van der Waals surface area contributed by atoms with E-state index >= 15 is 0 Å². The Hall–Kier alpha value is -2.82. The van der Waals surface area contributed by atoms with Gasteiger partial charge < -0.3 is 89.1 Å². The Labute approximate surface area is 585 Å². The minimum absolute atomic E-state index is 0.0419. The van der Waals surface area contributed by atoms with Gasteiger partial charge in [-0.05, 0) is 51.4 Å². The van der Waals surface area contributed by atoms with Gasteiger partial charge in [-0.3, -0.25) is 18.6 Å². The molecule has 0 amide bonds. The summed E-state index contributed by atoms with van der Waals surface area (Å²) in [6.45, 7) is 3.34. The molecular formula is C73H131O24P. The Bertz CT molecular complexity index is 2170. The van der Waals surface area contributed by atoms with E-state index in [9.17, 15) is 74.9 Å². The van der Waals surface area contributed by atoms with Gasteiger partial charge in [-0.15, -0.1) is 0 Å². The Morgan fingerprint density at radius 1 is 0.418 bits per heavy atom. The van der Waals surface area contributed by atoms with Gasteiger partial charge in [0.1, 0.15) is 98.7 Å². The maximum absolute atomic E-state index is 14.3. The van der Waals surface area contributed by atoms with Gasteiger partial charge in [0.15, 0.2) is 18.7 Å². The van der Waals surface area contributed by atoms with Gasteiger partial charge in [0.2, 0.25) is 0 Å². The minimum atomic E-state index is -5.71. The second-order valence-electron chi connectivity index (χ2n) is 27.1. The van der Waals surface area contributed by atoms with Crippen LogP contribution in [0.2, 0.25) is 0 Å². The summed E-state index contributed by atoms with van der Waals surface area (Å²) in [5.74, 6) is -2.24. The monoisotopic (exact) mass is 1420 g/mol. The lowest BCUT2D eigenvalue weighted by molar-refractivity contribution is -0.360. The molecule has 25 heteroatoms. The molecule has 2 saturated heterocycles. The number of aliphatic hydroxyl groups is 10. The molecular weight excluding hydrogens is 1290 g/mol. The van der Waals surface area contributed by atoms with Crippen LogP contribution in [-0.4, -0.2) is 204 Å². The van der Waals surface area contributed by atoms with Crippen LogP contribution in [0, 0.1) is 0 Å². The molecule has 11 N–H and O–H groups in total. The number of phosphoric acid groups is 1. The lowest BCUT2D eigenvalue weighted by Crippen LogP contribution is -2.69. The molecule has 0 aromatic heterocycles. The molecule has 18 atom stereocenters. The zero-order chi connectivity index (χ0) is 71.8. The van der Waals surface area contributed by atoms with E-state index in [-0.39, 0.29) is 12.8 Å². The average molecular weight is 1420 g/mol. The van der Waals surface area contributed by atoms with Crippen LogP contribution >= 0.6 is 7.82 Å². The molecule has 2 aliphatic heterocycles. The number of carbonyl (C=O) groups excluding carboxylic acids is 3. The summed E-state index contributed by atoms with van der Waals surface area (Å²) < 4.78 is 64.8. The van der Waals surface area contributed by atoms with Crippen molar-refractivity contribution in [2.24, 2.45) is 0 Å². The molecule has 572 valence electrons. The molecule has 0 radical (unpaired) electrons. The van der Waals surface area contributed by atoms with Crippen molar-refractivity contribution in [2.75, 3.05) is 26.4 Å². The van der Waals surface area contributed by atoms with Gasteiger partial charge in [0.05, 0.1) is 13.2 Å². The van der Waals surface area contributed by atoms with Crippen molar-refractivity contribution in [1.29, 1.82) is 0 Å². The third kappa shape index (κ3) is 37.6. The predicted octanol–water partition coefficient (Wildman–Crippen LogP) is 10.3. The third-order valence-electron chi connectivity index (χ3n) is 18.5. The smallest absolute Gasteiger partial charge is 0.462 e. The summed E-state index contributed by atoms with van der Waals surface area (Å²) in [6.07, 6.45) is 17.0. The predicted molar refractivity (Wildman–Crippen MR) is 370 cm³/mol. The summed E-state index contributed by atoms with van der Waals surface area (Å²) >= 11 is 0. The fraction of sp³-hybridized carbons (Fsp3) is 0.877. The van der Waals surface area contributed by atoms with Crippen molar-refractivity contribution in [2.45, 2.75) is 382 Å². The molecule has 0 aromatic rings. The SMILES string of the molecule is CCCCCCCC/C=C\CCCCCC(=O)OC(COC(=O)CCCCCCCCCCCCCCCCC)COP(=O)(O)OC1C(OC2OC(CO)C(O)C(O)C2O)C(O)C(O)C(O)C1OC1OC(COC(=O)/C=C/C=C/CCCCCCCCCCCCC)C(O)C(O)C1O. The number of esters is 3. The number of rotatable bonds is 58. The molecule has 1 saturated carbocycles. The highest BCUT2D eigenvalue weighted by molar-refractivity contribution is 7.47. The van der Waals surface area contributed by atoms with Crippen LogP contribution in [-0.2, 0) is 61.2 Å². The van der Waals surface area contributed by atoms with E-state index in [1.165, 1.54) is 147 Å². The average Bonchev–Trinajstić information content (AvgIpc) is 0.762. The van der Waals surface area contributed by atoms with Crippen LogP contribution in [0.4, 0.5) is 0 Å². The normalized spacial score (nSPS) is 27.8. The van der Waals surface area contributed by atoms with Crippen molar-refractivity contribution in [3.63, 3.8) is 0 Å². The highest BCUT2D eigenvalue weighted by atomic mass is 31.2. The van der Waals surface area contributed by atoms with Crippen molar-refractivity contribution in [3.05, 3.63) is 36.5 Å². The van der Waals surface area contributed by atoms with E-state index in [1.54, 1.807) is 6.08 Å². The van der Waals surface area contributed by atoms with Crippen molar-refractivity contribution in [1.82, 2.24) is 0 Å². The minimum Gasteiger partial charge on any atom is -0.462 e. The Morgan fingerprint density at radius 3 is 1.24 bits per heavy atom. The number of allylic oxidation sites excluding steroid dienone is 5. The van der Waals surface area contributed by atoms with Crippen LogP contribution in [0.25, 0.3) is 0 Å². The lowest BCUT2D eigenvalue weighted by atomic mass is 9.84. The maximum Gasteiger partial charge on any atom is 0.472 e. The van der Waals surface area contributed by atoms with Gasteiger partial charge in [0.25, 0.3) is 0 Å². The van der Waals surface area contributed by atoms with Gasteiger partial charge >= 0.3 is 25.7 Å². The standard InChI is InChI=1S/C73H131O24P/c1-4-7-10-13-16-19-22-25-27-30-32-35-38-41-44-47-57(75)89-51-54(92-59(77)49-46-43-40-37-34-29-24-21-18-15-12-9-6-3)52-91-98(87,88)97-71-69(95-72-67(85)62(80)60(78)55(50-74)93-72)65(83)64(82)66(84)70(71)96-73-68(86)63(81)61(79)56(94-73)53-90-58(76)48-45-42-39-36-33-31-28-26-23-20-17-14-11-8-5-2/h29,34,39,42,45,48,54-56,60-74,78-86H,4-28,30-33,35-38,40-41,43-44,46-47,49-53H2,1-3H3,(H,87,88)/b34-29-,42-39+,48-45+. The molecule has 0 bridgehead atoms. The van der Waals surface area contributed by atoms with Crippen molar-refractivity contribution >= 4 is 25.7 Å². The zero-order valence-electron chi connectivity index (χ0n) is 59.6. The summed E-state index contributed by atoms with van der Waals surface area (Å²) in [5, 5.41) is 110. The summed E-state index contributed by atoms with van der Waals surface area (Å²) in [4.78, 5) is 50.9. The topological polar surface area (TPSA) is 374 Å². The molecule has 0 aromatic carbocycles. The fourth-order valence-electron chi connectivity index (χ4n) is 12.3. The van der Waals surface area contributed by atoms with E-state index in [0.29, 0.717) is 19.3 Å². The summed E-state index contributed by atoms with van der Waals surface area (Å²) in [7, 11) is -5.71. The Morgan fingerprint density at radius 2 is 0.796 bits per heavy atom. The highest BCUT2D eigenvalue weighted by Gasteiger charge is 2.58. The summed E-state index contributed by atoms with van der Waals surface area (Å²) in [5.41, 5.74) is 0. The molecule has 3 fully saturated rings. The first-order valence-electron chi connectivity index (χ1n) is 37.8. The lowest BCUT2D eigenvalue weighted by Gasteiger charge is -2.49. The third-order valence-corrected chi connectivity index (χ3v) is 19.5. The fourth-order valence-corrected chi connectivity index (χ4v) is 13.3. The highest BCUT2D eigenvalue weighted by Crippen LogP contribution is 2.49. The molecule has 0 spiro atoms. The van der Waals surface area contributed by atoms with E-state index in [1.807, 2.05) is 6.08 Å². The van der Waals surface area contributed by atoms with Crippen LogP contribution in [0.15, 0.2) is 36.5 Å². The van der Waals surface area contributed by atoms with Crippen LogP contribution in [0.3, 0.4) is 0 Å². The second kappa shape index (κ2) is 54.8. The maximum atomic E-state index is 14.3. The van der Waals surface area contributed by atoms with Gasteiger partial charge in [0, 0.05) is 18.9 Å². The number of ether oxygens (including phenoxy) is 7. The van der Waals surface area contributed by atoms with Crippen molar-refractivity contribution in [3.8, 4) is 0 Å². The molecule has 2 heterocycles. The van der Waals surface area contributed by atoms with Gasteiger partial charge in [-0.2, -0.15) is 0 Å². The number of aliphatic hydroxyl groups excluding tert-OH is 10. The first kappa shape index (κ1) is 89.4. The molecule has 18 unspecified atom stereocenters. The van der Waals surface area contributed by atoms with Gasteiger partial charge in [-0.1, -0.05) is 244 Å². The molecule has 98 heavy (non-hydrogen) atoms. The zero-order valence-corrected chi connectivity index (χ0v) is 60.5. The molecule has 3 rings (SSSR count). The van der Waals surface area contributed by atoms with Crippen LogP contribution in [0.5, 0.6) is 0 Å². The Balaban J connectivity index is 1.75. The Kier molecular flexibility index (Phi) is 50.0. The van der Waals surface area contributed by atoms with Crippen molar-refractivity contribution < 1.29 is 117 Å². The first-order chi connectivity index (χ1) is 47.3. The van der Waals surface area contributed by atoms with Crippen LogP contribution < -0.4 is 0 Å². The first-order valence-corrected chi connectivity index (χ1v) is 39.3. The van der Waals surface area contributed by atoms with E-state index in [2.05, 4.69) is 32.9 Å². The number of hydrogen-bond acceptors (Lipinski definition) is 23. The quantitative estimate of drug-likeness (QED) is 0.00513. The van der Waals surface area contributed by atoms with E-state index in [0.717, 1.165) is 89.5 Å². The largest absolute Gasteiger partial charge is 0.472 e. The summed E-state index contributed by atoms with van der Waals surface area (Å²) in [6, 6.07) is 0. The molecule has 1 aliphatic carbocycles. The van der Waals surface area contributed by atoms with E-state index < -0.39 is 156 Å². The number of unbranched alkanes of at least 4 members (excludes halogenated alkanes) is 34. The van der Waals surface area contributed by atoms with Gasteiger partial charge in [-0.25, -0.2) is 9.36 Å². The number of carbonyl (C=O) groups is 3. The van der Waals surface area contributed by atoms with Crippen LogP contribution in [0.1, 0.15) is 278 Å². The second-order valence-corrected chi connectivity index (χ2v) is 28.5. The van der Waals surface area contributed by atoms with E-state index in [4.69, 9.17) is 42.2 Å². The molecule has 24 nitrogen and oxygen atoms in total. The molecule has 3 aliphatic rings. The number of phosphoric ester groups is 1.